The lowest BCUT2D eigenvalue weighted by Gasteiger charge is -2.21. The van der Waals surface area contributed by atoms with Crippen molar-refractivity contribution in [2.75, 3.05) is 11.9 Å². The van der Waals surface area contributed by atoms with Crippen LogP contribution >= 0.6 is 0 Å². The number of carbonyl (C=O) groups is 2. The highest BCUT2D eigenvalue weighted by Crippen LogP contribution is 2.23. The Morgan fingerprint density at radius 2 is 1.95 bits per heavy atom. The molecule has 1 aromatic carbocycles. The first kappa shape index (κ1) is 15.4. The number of amides is 2. The van der Waals surface area contributed by atoms with Crippen LogP contribution in [-0.2, 0) is 0 Å². The lowest BCUT2D eigenvalue weighted by molar-refractivity contribution is 0.0697. The fourth-order valence-corrected chi connectivity index (χ4v) is 2.73. The van der Waals surface area contributed by atoms with E-state index in [-0.39, 0.29) is 11.6 Å². The highest BCUT2D eigenvalue weighted by molar-refractivity contribution is 5.92. The molecular weight excluding hydrogens is 268 g/mol. The molecule has 0 aliphatic heterocycles. The first-order chi connectivity index (χ1) is 10.1. The Morgan fingerprint density at radius 1 is 1.24 bits per heavy atom. The summed E-state index contributed by atoms with van der Waals surface area (Å²) in [5.74, 6) is -0.383. The van der Waals surface area contributed by atoms with E-state index in [1.807, 2.05) is 0 Å². The summed E-state index contributed by atoms with van der Waals surface area (Å²) in [6, 6.07) is 4.44. The zero-order chi connectivity index (χ0) is 15.2. The second kappa shape index (κ2) is 7.11. The summed E-state index contributed by atoms with van der Waals surface area (Å²) < 4.78 is 0. The molecule has 0 saturated heterocycles. The maximum absolute atomic E-state index is 11.9. The molecular formula is C16H22N2O3. The second-order valence-corrected chi connectivity index (χ2v) is 5.67. The Balaban J connectivity index is 1.85. The second-order valence-electron chi connectivity index (χ2n) is 5.67. The number of hydrogen-bond acceptors (Lipinski definition) is 2. The van der Waals surface area contributed by atoms with Crippen LogP contribution in [-0.4, -0.2) is 23.7 Å². The van der Waals surface area contributed by atoms with E-state index in [9.17, 15) is 9.59 Å². The maximum atomic E-state index is 11.9. The van der Waals surface area contributed by atoms with Crippen molar-refractivity contribution in [3.63, 3.8) is 0 Å². The van der Waals surface area contributed by atoms with Crippen LogP contribution in [0.25, 0.3) is 0 Å². The third-order valence-electron chi connectivity index (χ3n) is 4.00. The van der Waals surface area contributed by atoms with E-state index in [1.165, 1.54) is 38.2 Å². The molecule has 5 nitrogen and oxygen atoms in total. The van der Waals surface area contributed by atoms with Gasteiger partial charge in [0.1, 0.15) is 0 Å². The average molecular weight is 290 g/mol. The average Bonchev–Trinajstić information content (AvgIpc) is 2.48. The summed E-state index contributed by atoms with van der Waals surface area (Å²) in [6.45, 7) is 2.49. The molecule has 5 heteroatoms. The molecule has 0 unspecified atom stereocenters. The quantitative estimate of drug-likeness (QED) is 0.795. The molecule has 21 heavy (non-hydrogen) atoms. The molecule has 0 bridgehead atoms. The molecule has 0 atom stereocenters. The third-order valence-corrected chi connectivity index (χ3v) is 4.00. The predicted molar refractivity (Wildman–Crippen MR) is 81.7 cm³/mol. The van der Waals surface area contributed by atoms with Gasteiger partial charge in [-0.2, -0.15) is 0 Å². The van der Waals surface area contributed by atoms with Gasteiger partial charge in [0.25, 0.3) is 0 Å². The van der Waals surface area contributed by atoms with E-state index in [2.05, 4.69) is 10.6 Å². The van der Waals surface area contributed by atoms with Crippen LogP contribution in [0.15, 0.2) is 18.2 Å². The minimum Gasteiger partial charge on any atom is -0.478 e. The Kier molecular flexibility index (Phi) is 5.20. The summed E-state index contributed by atoms with van der Waals surface area (Å²) in [5, 5.41) is 14.6. The number of carboxylic acid groups (broad SMARTS) is 1. The number of aryl methyl sites for hydroxylation is 1. The van der Waals surface area contributed by atoms with Gasteiger partial charge in [0.15, 0.2) is 0 Å². The fourth-order valence-electron chi connectivity index (χ4n) is 2.73. The number of anilines is 1. The van der Waals surface area contributed by atoms with E-state index >= 15 is 0 Å². The first-order valence-corrected chi connectivity index (χ1v) is 7.45. The number of rotatable bonds is 4. The standard InChI is InChI=1S/C16H22N2O3/c1-11-9-13(15(19)20)7-8-14(11)18-16(21)17-10-12-5-3-2-4-6-12/h7-9,12H,2-6,10H2,1H3,(H,19,20)(H2,17,18,21). The van der Waals surface area contributed by atoms with Gasteiger partial charge in [0.2, 0.25) is 0 Å². The van der Waals surface area contributed by atoms with E-state index in [0.717, 1.165) is 5.56 Å². The fraction of sp³-hybridized carbons (Fsp3) is 0.500. The molecule has 0 radical (unpaired) electrons. The normalized spacial score (nSPS) is 15.5. The van der Waals surface area contributed by atoms with Crippen molar-refractivity contribution >= 4 is 17.7 Å². The van der Waals surface area contributed by atoms with Crippen LogP contribution < -0.4 is 10.6 Å². The Morgan fingerprint density at radius 3 is 2.57 bits per heavy atom. The smallest absolute Gasteiger partial charge is 0.335 e. The number of urea groups is 1. The number of aromatic carboxylic acids is 1. The summed E-state index contributed by atoms with van der Waals surface area (Å²) in [4.78, 5) is 22.8. The topological polar surface area (TPSA) is 78.4 Å². The summed E-state index contributed by atoms with van der Waals surface area (Å²) >= 11 is 0. The number of nitrogens with one attached hydrogen (secondary N) is 2. The van der Waals surface area contributed by atoms with Crippen LogP contribution in [0, 0.1) is 12.8 Å². The van der Waals surface area contributed by atoms with Gasteiger partial charge in [-0.25, -0.2) is 9.59 Å². The molecule has 0 heterocycles. The van der Waals surface area contributed by atoms with Crippen LogP contribution in [0.5, 0.6) is 0 Å². The molecule has 1 aromatic rings. The van der Waals surface area contributed by atoms with Crippen LogP contribution in [0.3, 0.4) is 0 Å². The lowest BCUT2D eigenvalue weighted by atomic mass is 9.89. The van der Waals surface area contributed by atoms with Crippen molar-refractivity contribution in [3.05, 3.63) is 29.3 Å². The lowest BCUT2D eigenvalue weighted by Crippen LogP contribution is -2.33. The summed E-state index contributed by atoms with van der Waals surface area (Å²) in [7, 11) is 0. The minimum atomic E-state index is -0.966. The van der Waals surface area contributed by atoms with Gasteiger partial charge in [-0.3, -0.25) is 0 Å². The Labute approximate surface area is 124 Å². The molecule has 1 aliphatic rings. The number of carboxylic acids is 1. The zero-order valence-electron chi connectivity index (χ0n) is 12.3. The number of carbonyl (C=O) groups excluding carboxylic acids is 1. The molecule has 0 aromatic heterocycles. The summed E-state index contributed by atoms with van der Waals surface area (Å²) in [6.07, 6.45) is 6.19. The molecule has 0 spiro atoms. The molecule has 1 fully saturated rings. The third kappa shape index (κ3) is 4.48. The van der Waals surface area contributed by atoms with Gasteiger partial charge in [0.05, 0.1) is 5.56 Å². The molecule has 2 rings (SSSR count). The Bertz CT molecular complexity index is 522. The van der Waals surface area contributed by atoms with Gasteiger partial charge in [-0.15, -0.1) is 0 Å². The maximum Gasteiger partial charge on any atom is 0.335 e. The van der Waals surface area contributed by atoms with Crippen molar-refractivity contribution in [1.82, 2.24) is 5.32 Å². The largest absolute Gasteiger partial charge is 0.478 e. The van der Waals surface area contributed by atoms with Crippen LogP contribution in [0.1, 0.15) is 48.0 Å². The molecule has 114 valence electrons. The zero-order valence-corrected chi connectivity index (χ0v) is 12.3. The van der Waals surface area contributed by atoms with Gasteiger partial charge < -0.3 is 15.7 Å². The van der Waals surface area contributed by atoms with Crippen molar-refractivity contribution in [3.8, 4) is 0 Å². The minimum absolute atomic E-state index is 0.223. The van der Waals surface area contributed by atoms with Gasteiger partial charge in [-0.1, -0.05) is 19.3 Å². The van der Waals surface area contributed by atoms with Crippen molar-refractivity contribution in [2.45, 2.75) is 39.0 Å². The van der Waals surface area contributed by atoms with E-state index in [0.29, 0.717) is 18.2 Å². The van der Waals surface area contributed by atoms with E-state index in [1.54, 1.807) is 19.1 Å². The van der Waals surface area contributed by atoms with Crippen LogP contribution in [0.2, 0.25) is 0 Å². The van der Waals surface area contributed by atoms with Gasteiger partial charge >= 0.3 is 12.0 Å². The molecule has 2 amide bonds. The molecule has 1 saturated carbocycles. The SMILES string of the molecule is Cc1cc(C(=O)O)ccc1NC(=O)NCC1CCCCC1. The van der Waals surface area contributed by atoms with Crippen molar-refractivity contribution in [2.24, 2.45) is 5.92 Å². The molecule has 1 aliphatic carbocycles. The highest BCUT2D eigenvalue weighted by atomic mass is 16.4. The van der Waals surface area contributed by atoms with Crippen molar-refractivity contribution in [1.29, 1.82) is 0 Å². The van der Waals surface area contributed by atoms with Gasteiger partial charge in [0, 0.05) is 12.2 Å². The van der Waals surface area contributed by atoms with Gasteiger partial charge in [-0.05, 0) is 49.4 Å². The predicted octanol–water partition coefficient (Wildman–Crippen LogP) is 3.40. The Hall–Kier alpha value is -2.04. The first-order valence-electron chi connectivity index (χ1n) is 7.45. The van der Waals surface area contributed by atoms with E-state index < -0.39 is 5.97 Å². The molecule has 3 N–H and O–H groups in total. The van der Waals surface area contributed by atoms with Crippen molar-refractivity contribution < 1.29 is 14.7 Å². The number of hydrogen-bond donors (Lipinski definition) is 3. The van der Waals surface area contributed by atoms with Crippen LogP contribution in [0.4, 0.5) is 10.5 Å². The monoisotopic (exact) mass is 290 g/mol. The summed E-state index contributed by atoms with van der Waals surface area (Å²) in [5.41, 5.74) is 1.60. The highest BCUT2D eigenvalue weighted by Gasteiger charge is 2.14. The number of benzene rings is 1. The van der Waals surface area contributed by atoms with E-state index in [4.69, 9.17) is 5.11 Å².